The molecule has 2 aliphatic heterocycles. The first kappa shape index (κ1) is 26.9. The van der Waals surface area contributed by atoms with Gasteiger partial charge in [-0.05, 0) is 73.5 Å². The number of Topliss-reactive ketones (excluding diaryl/α,β-unsaturated/α-hetero) is 1. The molecule has 3 aromatic rings. The number of anilines is 3. The highest BCUT2D eigenvalue weighted by molar-refractivity contribution is 6.42. The van der Waals surface area contributed by atoms with Crippen LogP contribution in [0.25, 0.3) is 0 Å². The van der Waals surface area contributed by atoms with Crippen LogP contribution in [0.1, 0.15) is 22.7 Å². The molecule has 0 bridgehead atoms. The van der Waals surface area contributed by atoms with Crippen molar-refractivity contribution in [2.75, 3.05) is 42.3 Å². The first-order chi connectivity index (χ1) is 19.3. The Bertz CT molecular complexity index is 1460. The maximum Gasteiger partial charge on any atom is 0.294 e. The third-order valence-corrected chi connectivity index (χ3v) is 7.40. The Hall–Kier alpha value is -4.65. The van der Waals surface area contributed by atoms with E-state index in [1.165, 1.54) is 5.56 Å². The smallest absolute Gasteiger partial charge is 0.294 e. The Morgan fingerprint density at radius 3 is 2.38 bits per heavy atom. The lowest BCUT2D eigenvalue weighted by Gasteiger charge is -2.28. The fourth-order valence-corrected chi connectivity index (χ4v) is 5.24. The first-order valence-corrected chi connectivity index (χ1v) is 13.5. The molecular formula is C33H35N5O2. The number of fused-ring (bicyclic) bond motifs is 1. The van der Waals surface area contributed by atoms with Gasteiger partial charge >= 0.3 is 0 Å². The van der Waals surface area contributed by atoms with E-state index in [1.807, 2.05) is 105 Å². The molecule has 1 amide bonds. The molecule has 40 heavy (non-hydrogen) atoms. The predicted molar refractivity (Wildman–Crippen MR) is 162 cm³/mol. The zero-order valence-electron chi connectivity index (χ0n) is 23.4. The maximum atomic E-state index is 13.5. The molecule has 1 aromatic heterocycles. The molecule has 5 rings (SSSR count). The Balaban J connectivity index is 1.21. The number of aryl methyl sites for hydroxylation is 2. The summed E-state index contributed by atoms with van der Waals surface area (Å²) in [6, 6.07) is 21.0. The van der Waals surface area contributed by atoms with Gasteiger partial charge in [-0.2, -0.15) is 0 Å². The Morgan fingerprint density at radius 1 is 0.925 bits per heavy atom. The summed E-state index contributed by atoms with van der Waals surface area (Å²) in [6.45, 7) is 5.69. The van der Waals surface area contributed by atoms with Gasteiger partial charge in [0.05, 0.1) is 0 Å². The summed E-state index contributed by atoms with van der Waals surface area (Å²) in [5.74, 6) is -0.338. The number of hydrogen-bond donors (Lipinski definition) is 1. The minimum Gasteiger partial charge on any atom is -0.373 e. The zero-order valence-corrected chi connectivity index (χ0v) is 23.4. The van der Waals surface area contributed by atoms with Crippen LogP contribution in [0, 0.1) is 13.8 Å². The monoisotopic (exact) mass is 533 g/mol. The normalized spacial score (nSPS) is 17.3. The van der Waals surface area contributed by atoms with Crippen LogP contribution >= 0.6 is 0 Å². The lowest BCUT2D eigenvalue weighted by Crippen LogP contribution is -2.43. The molecule has 2 atom stereocenters. The van der Waals surface area contributed by atoms with Crippen LogP contribution in [0.15, 0.2) is 103 Å². The summed E-state index contributed by atoms with van der Waals surface area (Å²) < 4.78 is 0. The summed E-state index contributed by atoms with van der Waals surface area (Å²) in [4.78, 5) is 37.5. The number of nitrogens with zero attached hydrogens (tertiary/aromatic N) is 4. The highest BCUT2D eigenvalue weighted by atomic mass is 16.2. The predicted octanol–water partition coefficient (Wildman–Crippen LogP) is 5.21. The van der Waals surface area contributed by atoms with Crippen molar-refractivity contribution < 1.29 is 9.59 Å². The number of aromatic nitrogens is 1. The van der Waals surface area contributed by atoms with Crippen LogP contribution in [0.3, 0.4) is 0 Å². The number of nitrogens with one attached hydrogen (secondary N) is 1. The van der Waals surface area contributed by atoms with E-state index in [-0.39, 0.29) is 5.92 Å². The van der Waals surface area contributed by atoms with E-state index < -0.39 is 17.7 Å². The number of benzene rings is 2. The average Bonchev–Trinajstić information content (AvgIpc) is 3.35. The van der Waals surface area contributed by atoms with Crippen molar-refractivity contribution in [3.05, 3.63) is 120 Å². The molecular weight excluding hydrogens is 498 g/mol. The van der Waals surface area contributed by atoms with E-state index in [9.17, 15) is 9.59 Å². The van der Waals surface area contributed by atoms with Gasteiger partial charge in [0, 0.05) is 62.1 Å². The van der Waals surface area contributed by atoms with E-state index in [1.54, 1.807) is 0 Å². The van der Waals surface area contributed by atoms with Gasteiger partial charge in [-0.15, -0.1) is 0 Å². The minimum atomic E-state index is -0.632. The van der Waals surface area contributed by atoms with Gasteiger partial charge in [-0.3, -0.25) is 9.59 Å². The van der Waals surface area contributed by atoms with E-state index in [4.69, 9.17) is 0 Å². The number of pyridine rings is 1. The van der Waals surface area contributed by atoms with Crippen LogP contribution in [0.2, 0.25) is 0 Å². The largest absolute Gasteiger partial charge is 0.373 e. The maximum absolute atomic E-state index is 13.5. The number of hydrogen-bond acceptors (Lipinski definition) is 6. The molecule has 2 aliphatic rings. The highest BCUT2D eigenvalue weighted by Crippen LogP contribution is 2.37. The molecule has 0 saturated carbocycles. The fraction of sp³-hybridized carbons (Fsp3) is 0.242. The van der Waals surface area contributed by atoms with Crippen LogP contribution in [0.5, 0.6) is 0 Å². The van der Waals surface area contributed by atoms with Gasteiger partial charge in [-0.1, -0.05) is 42.5 Å². The molecule has 2 aromatic carbocycles. The number of allylic oxidation sites excluding steroid dienone is 3. The van der Waals surface area contributed by atoms with E-state index in [2.05, 4.69) is 45.2 Å². The van der Waals surface area contributed by atoms with Crippen molar-refractivity contribution in [1.29, 1.82) is 0 Å². The molecule has 7 heteroatoms. The second-order valence-corrected chi connectivity index (χ2v) is 10.4. The Labute approximate surface area is 236 Å². The summed E-state index contributed by atoms with van der Waals surface area (Å²) >= 11 is 0. The van der Waals surface area contributed by atoms with Crippen LogP contribution in [0.4, 0.5) is 17.2 Å². The standard InChI is InChI=1S/C33H35N5O2/c1-23-20-24(2)34-30(21-23)37(4)19-18-36(3)27-15-13-26(14-16-27)35-33(40)32(39)31-29(25-10-6-5-7-11-25)22-28-12-8-9-17-38(28)31/h5-17,20-22,29,31H,18-19H2,1-4H3,(H,35,40). The molecule has 7 nitrogen and oxygen atoms in total. The molecule has 0 saturated heterocycles. The van der Waals surface area contributed by atoms with Crippen LogP contribution < -0.4 is 15.1 Å². The summed E-state index contributed by atoms with van der Waals surface area (Å²) in [5, 5.41) is 2.82. The second kappa shape index (κ2) is 11.6. The molecule has 0 fully saturated rings. The van der Waals surface area contributed by atoms with Gasteiger partial charge in [0.15, 0.2) is 0 Å². The quantitative estimate of drug-likeness (QED) is 0.381. The number of carbonyl (C=O) groups excluding carboxylic acids is 2. The summed E-state index contributed by atoms with van der Waals surface area (Å²) in [5.41, 5.74) is 5.74. The molecule has 0 spiro atoms. The summed E-state index contributed by atoms with van der Waals surface area (Å²) in [7, 11) is 4.08. The van der Waals surface area contributed by atoms with Crippen LogP contribution in [-0.4, -0.2) is 54.8 Å². The van der Waals surface area contributed by atoms with Gasteiger partial charge in [0.2, 0.25) is 5.78 Å². The lowest BCUT2D eigenvalue weighted by molar-refractivity contribution is -0.137. The Kier molecular flexibility index (Phi) is 7.82. The van der Waals surface area contributed by atoms with Crippen molar-refractivity contribution in [2.24, 2.45) is 0 Å². The van der Waals surface area contributed by atoms with Crippen LogP contribution in [-0.2, 0) is 9.59 Å². The van der Waals surface area contributed by atoms with Crippen molar-refractivity contribution in [2.45, 2.75) is 25.8 Å². The summed E-state index contributed by atoms with van der Waals surface area (Å²) in [6.07, 6.45) is 9.71. The number of amides is 1. The van der Waals surface area contributed by atoms with Crippen molar-refractivity contribution in [3.63, 3.8) is 0 Å². The zero-order chi connectivity index (χ0) is 28.2. The van der Waals surface area contributed by atoms with Gasteiger partial charge < -0.3 is 20.0 Å². The van der Waals surface area contributed by atoms with Gasteiger partial charge in [-0.25, -0.2) is 4.98 Å². The molecule has 1 N–H and O–H groups in total. The first-order valence-electron chi connectivity index (χ1n) is 13.5. The number of carbonyl (C=O) groups is 2. The fourth-order valence-electron chi connectivity index (χ4n) is 5.24. The van der Waals surface area contributed by atoms with Crippen molar-refractivity contribution in [3.8, 4) is 0 Å². The van der Waals surface area contributed by atoms with Gasteiger partial charge in [0.25, 0.3) is 5.91 Å². The van der Waals surface area contributed by atoms with Crippen molar-refractivity contribution >= 4 is 28.9 Å². The molecule has 0 radical (unpaired) electrons. The second-order valence-electron chi connectivity index (χ2n) is 10.4. The topological polar surface area (TPSA) is 68.8 Å². The third-order valence-electron chi connectivity index (χ3n) is 7.40. The Morgan fingerprint density at radius 2 is 1.65 bits per heavy atom. The van der Waals surface area contributed by atoms with E-state index in [0.717, 1.165) is 41.5 Å². The van der Waals surface area contributed by atoms with E-state index >= 15 is 0 Å². The third kappa shape index (κ3) is 5.83. The molecule has 204 valence electrons. The van der Waals surface area contributed by atoms with Gasteiger partial charge in [0.1, 0.15) is 11.9 Å². The van der Waals surface area contributed by atoms with E-state index in [0.29, 0.717) is 5.69 Å². The number of rotatable bonds is 9. The average molecular weight is 534 g/mol. The lowest BCUT2D eigenvalue weighted by atomic mass is 9.90. The molecule has 3 heterocycles. The SMILES string of the molecule is Cc1cc(C)nc(N(C)CCN(C)c2ccc(NC(=O)C(=O)C3C(c4ccccc4)C=C4C=CC=CN43)cc2)c1. The highest BCUT2D eigenvalue weighted by Gasteiger charge is 2.41. The number of likely N-dealkylation sites (N-methyl/N-ethyl adjacent to an activating group) is 2. The molecule has 0 aliphatic carbocycles. The molecule has 2 unspecified atom stereocenters. The number of ketones is 1. The minimum absolute atomic E-state index is 0.213. The van der Waals surface area contributed by atoms with Crippen molar-refractivity contribution in [1.82, 2.24) is 9.88 Å².